The second-order valence-electron chi connectivity index (χ2n) is 12.5. The number of carboxylic acid groups (broad SMARTS) is 1. The van der Waals surface area contributed by atoms with E-state index in [4.69, 9.17) is 11.1 Å². The predicted octanol–water partition coefficient (Wildman–Crippen LogP) is 0.0319. The quantitative estimate of drug-likeness (QED) is 0.0210. The average molecular weight is 745 g/mol. The van der Waals surface area contributed by atoms with Crippen LogP contribution in [-0.2, 0) is 33.6 Å². The number of thioether (sulfide) groups is 1. The molecule has 0 rings (SSSR count). The van der Waals surface area contributed by atoms with Gasteiger partial charge in [-0.15, -0.1) is 0 Å². The number of nitrogens with two attached hydrogens (primary N) is 1. The number of hydrogen-bond donors (Lipinski definition) is 10. The largest absolute Gasteiger partial charge is 0.481 e. The zero-order chi connectivity index (χ0) is 38.8. The number of carboxylic acids is 1. The Morgan fingerprint density at radius 3 is 1.80 bits per heavy atom. The molecule has 0 aromatic carbocycles. The highest BCUT2D eigenvalue weighted by Gasteiger charge is 2.33. The van der Waals surface area contributed by atoms with E-state index in [1.165, 1.54) is 25.6 Å². The van der Waals surface area contributed by atoms with Gasteiger partial charge in [0.15, 0.2) is 5.96 Å². The fourth-order valence-electron chi connectivity index (χ4n) is 4.90. The lowest BCUT2D eigenvalue weighted by Crippen LogP contribution is -2.60. The molecule has 6 atom stereocenters. The minimum absolute atomic E-state index is 0.00990. The van der Waals surface area contributed by atoms with Crippen molar-refractivity contribution in [2.75, 3.05) is 18.6 Å². The highest BCUT2D eigenvalue weighted by Crippen LogP contribution is 2.10. The van der Waals surface area contributed by atoms with Crippen LogP contribution in [-0.4, -0.2) is 113 Å². The van der Waals surface area contributed by atoms with Crippen LogP contribution in [0.3, 0.4) is 0 Å². The predicted molar refractivity (Wildman–Crippen MR) is 195 cm³/mol. The maximum absolute atomic E-state index is 13.6. The fraction of sp³-hybridized carbons (Fsp3) is 0.758. The highest BCUT2D eigenvalue weighted by atomic mass is 32.2. The normalized spacial score (nSPS) is 14.4. The van der Waals surface area contributed by atoms with Crippen LogP contribution in [0.2, 0.25) is 0 Å². The summed E-state index contributed by atoms with van der Waals surface area (Å²) in [6, 6.07) is -6.07. The Labute approximate surface area is 305 Å². The molecule has 2 unspecified atom stereocenters. The number of amides is 5. The molecule has 5 amide bonds. The molecule has 0 bridgehead atoms. The maximum Gasteiger partial charge on any atom is 0.303 e. The molecule has 51 heavy (non-hydrogen) atoms. The molecule has 0 radical (unpaired) electrons. The Hall–Kier alpha value is -3.93. The third-order valence-corrected chi connectivity index (χ3v) is 8.45. The molecular formula is C33H60N8O9S. The summed E-state index contributed by atoms with van der Waals surface area (Å²) in [6.07, 6.45) is 7.52. The standard InChI is InChI=1S/C33H60N8O9S/c1-5-6-7-8-9-10-11-14-26(44)41-28(22(3)43)32(50)40-24(15-16-27(45)46)31(49)38-23(13-12-18-36-33(34)35)30(48)39-25(17-19-51-4)29(47)37-21(2)20-42/h20-25,28,43H,5-19H2,1-4H3,(H,37,47)(H,38,49)(H,39,48)(H,40,50)(H,41,44)(H,45,46)(H4,34,35,36)/t21-,22+,23-,24?,25?,28-/m0/s1. The van der Waals surface area contributed by atoms with Crippen molar-refractivity contribution in [2.45, 2.75) is 141 Å². The van der Waals surface area contributed by atoms with Crippen LogP contribution in [0.5, 0.6) is 0 Å². The van der Waals surface area contributed by atoms with Gasteiger partial charge in [-0.05, 0) is 58.0 Å². The number of nitrogens with one attached hydrogen (secondary N) is 7. The molecule has 18 heteroatoms. The van der Waals surface area contributed by atoms with Crippen LogP contribution < -0.4 is 37.6 Å². The molecule has 0 aliphatic carbocycles. The van der Waals surface area contributed by atoms with E-state index in [1.807, 2.05) is 6.26 Å². The average Bonchev–Trinajstić information content (AvgIpc) is 3.07. The van der Waals surface area contributed by atoms with E-state index in [9.17, 15) is 43.8 Å². The number of aliphatic hydroxyl groups excluding tert-OH is 1. The SMILES string of the molecule is CCCCCCCCCC(=O)N[C@H](C(=O)NC(CCC(=O)O)C(=O)N[C@@H](CCCNC(=N)N)C(=O)NC(CCSC)C(=O)N[C@@H](C)C=O)[C@@H](C)O. The summed E-state index contributed by atoms with van der Waals surface area (Å²) >= 11 is 1.43. The molecule has 0 saturated carbocycles. The molecule has 0 aliphatic rings. The van der Waals surface area contributed by atoms with Crippen molar-refractivity contribution < 1.29 is 43.8 Å². The van der Waals surface area contributed by atoms with Gasteiger partial charge in [0.25, 0.3) is 0 Å². The number of aliphatic carboxylic acids is 1. The smallest absolute Gasteiger partial charge is 0.303 e. The minimum Gasteiger partial charge on any atom is -0.481 e. The van der Waals surface area contributed by atoms with Crippen LogP contribution in [0.15, 0.2) is 0 Å². The monoisotopic (exact) mass is 744 g/mol. The van der Waals surface area contributed by atoms with Crippen LogP contribution in [0.4, 0.5) is 0 Å². The van der Waals surface area contributed by atoms with Crippen LogP contribution in [0.25, 0.3) is 0 Å². The Morgan fingerprint density at radius 2 is 1.27 bits per heavy atom. The lowest BCUT2D eigenvalue weighted by atomic mass is 10.0. The van der Waals surface area contributed by atoms with Crippen molar-refractivity contribution in [1.29, 1.82) is 5.41 Å². The zero-order valence-electron chi connectivity index (χ0n) is 30.4. The van der Waals surface area contributed by atoms with Crippen molar-refractivity contribution in [2.24, 2.45) is 5.73 Å². The molecule has 0 fully saturated rings. The van der Waals surface area contributed by atoms with Crippen LogP contribution in [0, 0.1) is 5.41 Å². The summed E-state index contributed by atoms with van der Waals surface area (Å²) in [5, 5.41) is 42.1. The Bertz CT molecular complexity index is 1130. The van der Waals surface area contributed by atoms with Gasteiger partial charge >= 0.3 is 5.97 Å². The van der Waals surface area contributed by atoms with Gasteiger partial charge in [-0.1, -0.05) is 45.4 Å². The lowest BCUT2D eigenvalue weighted by Gasteiger charge is -2.27. The fourth-order valence-corrected chi connectivity index (χ4v) is 5.37. The van der Waals surface area contributed by atoms with Crippen molar-refractivity contribution in [1.82, 2.24) is 31.9 Å². The summed E-state index contributed by atoms with van der Waals surface area (Å²) in [6.45, 7) is 5.05. The zero-order valence-corrected chi connectivity index (χ0v) is 31.2. The molecular weight excluding hydrogens is 684 g/mol. The Balaban J connectivity index is 5.90. The van der Waals surface area contributed by atoms with Gasteiger partial charge in [0.05, 0.1) is 12.1 Å². The van der Waals surface area contributed by atoms with Crippen LogP contribution in [0.1, 0.15) is 104 Å². The van der Waals surface area contributed by atoms with Gasteiger partial charge < -0.3 is 52.6 Å². The molecule has 17 nitrogen and oxygen atoms in total. The summed E-state index contributed by atoms with van der Waals surface area (Å²) in [7, 11) is 0. The van der Waals surface area contributed by atoms with Crippen LogP contribution >= 0.6 is 11.8 Å². The molecule has 292 valence electrons. The van der Waals surface area contributed by atoms with E-state index < -0.39 is 78.2 Å². The second kappa shape index (κ2) is 27.8. The molecule has 0 aromatic heterocycles. The van der Waals surface area contributed by atoms with Crippen molar-refractivity contribution in [3.05, 3.63) is 0 Å². The maximum atomic E-state index is 13.6. The van der Waals surface area contributed by atoms with Crippen molar-refractivity contribution in [3.8, 4) is 0 Å². The first-order chi connectivity index (χ1) is 24.2. The summed E-state index contributed by atoms with van der Waals surface area (Å²) < 4.78 is 0. The van der Waals surface area contributed by atoms with Gasteiger partial charge in [0.2, 0.25) is 29.5 Å². The Kier molecular flexibility index (Phi) is 25.6. The lowest BCUT2D eigenvalue weighted by molar-refractivity contribution is -0.139. The third kappa shape index (κ3) is 22.5. The van der Waals surface area contributed by atoms with E-state index in [2.05, 4.69) is 38.8 Å². The number of hydrogen-bond acceptors (Lipinski definition) is 10. The van der Waals surface area contributed by atoms with Gasteiger partial charge in [0, 0.05) is 19.4 Å². The van der Waals surface area contributed by atoms with E-state index in [-0.39, 0.29) is 44.6 Å². The van der Waals surface area contributed by atoms with Gasteiger partial charge in [-0.3, -0.25) is 34.2 Å². The molecule has 0 heterocycles. The van der Waals surface area contributed by atoms with Crippen molar-refractivity contribution >= 4 is 59.5 Å². The number of unbranched alkanes of at least 4 members (excludes halogenated alkanes) is 6. The summed E-state index contributed by atoms with van der Waals surface area (Å²) in [4.78, 5) is 88.4. The summed E-state index contributed by atoms with van der Waals surface area (Å²) in [5.41, 5.74) is 5.34. The first-order valence-corrected chi connectivity index (χ1v) is 19.0. The highest BCUT2D eigenvalue weighted by molar-refractivity contribution is 7.98. The topological polar surface area (TPSA) is 282 Å². The summed E-state index contributed by atoms with van der Waals surface area (Å²) in [5.74, 6) is -4.74. The molecule has 0 saturated heterocycles. The van der Waals surface area contributed by atoms with Crippen molar-refractivity contribution in [3.63, 3.8) is 0 Å². The van der Waals surface area contributed by atoms with E-state index in [1.54, 1.807) is 0 Å². The number of guanidine groups is 1. The molecule has 0 aliphatic heterocycles. The number of aldehydes is 1. The minimum atomic E-state index is -1.48. The van der Waals surface area contributed by atoms with E-state index in [0.29, 0.717) is 18.5 Å². The number of carbonyl (C=O) groups is 7. The van der Waals surface area contributed by atoms with Gasteiger partial charge in [0.1, 0.15) is 30.5 Å². The number of carbonyl (C=O) groups excluding carboxylic acids is 6. The van der Waals surface area contributed by atoms with E-state index >= 15 is 0 Å². The second-order valence-corrected chi connectivity index (χ2v) is 13.5. The first kappa shape index (κ1) is 47.1. The molecule has 0 aromatic rings. The molecule has 11 N–H and O–H groups in total. The van der Waals surface area contributed by atoms with E-state index in [0.717, 1.165) is 38.5 Å². The third-order valence-electron chi connectivity index (χ3n) is 7.80. The van der Waals surface area contributed by atoms with Gasteiger partial charge in [-0.25, -0.2) is 0 Å². The first-order valence-electron chi connectivity index (χ1n) is 17.6. The number of aliphatic hydroxyl groups is 1. The number of rotatable bonds is 29. The molecule has 0 spiro atoms. The van der Waals surface area contributed by atoms with Gasteiger partial charge in [-0.2, -0.15) is 11.8 Å². The Morgan fingerprint density at radius 1 is 0.745 bits per heavy atom.